The topological polar surface area (TPSA) is 64.7 Å². The normalized spacial score (nSPS) is 12.8. The van der Waals surface area contributed by atoms with Gasteiger partial charge in [-0.15, -0.1) is 17.8 Å². The van der Waals surface area contributed by atoms with E-state index < -0.39 is 5.41 Å². The average molecular weight is 787 g/mol. The molecule has 5 nitrogen and oxygen atoms in total. The first-order valence-electron chi connectivity index (χ1n) is 19.9. The quantitative estimate of drug-likeness (QED) is 0.151. The zero-order valence-corrected chi connectivity index (χ0v) is 33.3. The largest absolute Gasteiger partial charge is 0.435 e. The first kappa shape index (κ1) is 35.4. The monoisotopic (exact) mass is 786 g/mol. The van der Waals surface area contributed by atoms with Gasteiger partial charge in [0.25, 0.3) is 0 Å². The maximum Gasteiger partial charge on any atom is 0.229 e. The second-order valence-corrected chi connectivity index (χ2v) is 15.8. The predicted molar refractivity (Wildman–Crippen MR) is 244 cm³/mol. The fourth-order valence-electron chi connectivity index (χ4n) is 9.03. The Hall–Kier alpha value is -7.72. The molecule has 60 heavy (non-hydrogen) atoms. The van der Waals surface area contributed by atoms with Crippen LogP contribution in [0.15, 0.2) is 180 Å². The number of benzene rings is 7. The Morgan fingerprint density at radius 3 is 1.88 bits per heavy atom. The van der Waals surface area contributed by atoms with Gasteiger partial charge in [0.1, 0.15) is 0 Å². The van der Waals surface area contributed by atoms with Gasteiger partial charge < -0.3 is 4.42 Å². The van der Waals surface area contributed by atoms with Gasteiger partial charge in [-0.3, -0.25) is 0 Å². The molecule has 0 atom stereocenters. The number of fused-ring (bicyclic) bond motifs is 6. The summed E-state index contributed by atoms with van der Waals surface area (Å²) >= 11 is 1.69. The molecule has 0 N–H and O–H groups in total. The summed E-state index contributed by atoms with van der Waals surface area (Å²) in [5, 5.41) is 2.12. The molecule has 0 bridgehead atoms. The molecular formula is C54H34N4OS. The summed E-state index contributed by atoms with van der Waals surface area (Å²) in [5.74, 6) is 5.55. The van der Waals surface area contributed by atoms with E-state index in [9.17, 15) is 0 Å². The van der Waals surface area contributed by atoms with Crippen molar-refractivity contribution in [2.24, 2.45) is 0 Å². The summed E-state index contributed by atoms with van der Waals surface area (Å²) in [5.41, 5.74) is 10.7. The molecule has 0 saturated carbocycles. The number of terminal acetylenes is 1. The summed E-state index contributed by atoms with van der Waals surface area (Å²) in [6.07, 6.45) is 9.58. The van der Waals surface area contributed by atoms with Crippen molar-refractivity contribution in [2.75, 3.05) is 0 Å². The predicted octanol–water partition coefficient (Wildman–Crippen LogP) is 13.3. The molecule has 0 fully saturated rings. The molecule has 1 aliphatic rings. The van der Waals surface area contributed by atoms with Gasteiger partial charge in [-0.1, -0.05) is 164 Å². The van der Waals surface area contributed by atoms with Gasteiger partial charge in [0.2, 0.25) is 5.89 Å². The van der Waals surface area contributed by atoms with Crippen molar-refractivity contribution in [1.29, 1.82) is 0 Å². The second-order valence-electron chi connectivity index (χ2n) is 14.8. The average Bonchev–Trinajstić information content (AvgIpc) is 4.00. The van der Waals surface area contributed by atoms with Crippen molar-refractivity contribution in [3.63, 3.8) is 0 Å². The van der Waals surface area contributed by atoms with Crippen LogP contribution in [0.25, 0.3) is 83.0 Å². The van der Waals surface area contributed by atoms with E-state index in [0.29, 0.717) is 34.8 Å². The lowest BCUT2D eigenvalue weighted by atomic mass is 9.67. The maximum atomic E-state index is 6.25. The van der Waals surface area contributed by atoms with Crippen molar-refractivity contribution in [3.8, 4) is 69.1 Å². The molecule has 3 aromatic heterocycles. The van der Waals surface area contributed by atoms with Crippen LogP contribution in [0.2, 0.25) is 0 Å². The molecule has 3 heterocycles. The van der Waals surface area contributed by atoms with E-state index in [1.54, 1.807) is 11.3 Å². The smallest absolute Gasteiger partial charge is 0.229 e. The zero-order chi connectivity index (χ0) is 40.2. The fraction of sp³-hybridized carbons (Fsp3) is 0.0370. The van der Waals surface area contributed by atoms with Crippen LogP contribution in [0.3, 0.4) is 0 Å². The lowest BCUT2D eigenvalue weighted by molar-refractivity contribution is 0.565. The number of hydrogen-bond acceptors (Lipinski definition) is 6. The third kappa shape index (κ3) is 5.41. The molecule has 11 rings (SSSR count). The number of rotatable bonds is 7. The van der Waals surface area contributed by atoms with Crippen molar-refractivity contribution in [3.05, 3.63) is 210 Å². The molecule has 7 aromatic carbocycles. The Kier molecular flexibility index (Phi) is 8.44. The molecule has 0 unspecified atom stereocenters. The summed E-state index contributed by atoms with van der Waals surface area (Å²) in [7, 11) is 0. The van der Waals surface area contributed by atoms with Crippen molar-refractivity contribution < 1.29 is 4.42 Å². The van der Waals surface area contributed by atoms with Crippen LogP contribution in [0, 0.1) is 12.3 Å². The molecule has 10 aromatic rings. The minimum atomic E-state index is -0.557. The lowest BCUT2D eigenvalue weighted by Gasteiger charge is -2.33. The van der Waals surface area contributed by atoms with Crippen molar-refractivity contribution in [1.82, 2.24) is 19.9 Å². The number of aromatic nitrogens is 4. The Labute approximate surface area is 351 Å². The van der Waals surface area contributed by atoms with Crippen LogP contribution in [0.1, 0.15) is 40.6 Å². The molecule has 0 saturated heterocycles. The number of allylic oxidation sites excluding steroid dienone is 1. The molecule has 6 heteroatoms. The number of thiophene rings is 1. The van der Waals surface area contributed by atoms with Crippen LogP contribution in [-0.4, -0.2) is 19.9 Å². The zero-order valence-electron chi connectivity index (χ0n) is 32.5. The molecule has 0 spiro atoms. The molecular weight excluding hydrogens is 753 g/mol. The summed E-state index contributed by atoms with van der Waals surface area (Å²) in [6, 6.07) is 59.8. The van der Waals surface area contributed by atoms with E-state index in [0.717, 1.165) is 53.6 Å². The van der Waals surface area contributed by atoms with Gasteiger partial charge in [0.05, 0.1) is 11.0 Å². The van der Waals surface area contributed by atoms with Gasteiger partial charge in [-0.25, -0.2) is 15.0 Å². The minimum absolute atomic E-state index is 0.479. The fourth-order valence-corrected chi connectivity index (χ4v) is 10.3. The van der Waals surface area contributed by atoms with Crippen LogP contribution in [0.5, 0.6) is 0 Å². The SMILES string of the molecule is C#Cc1nc(-c2cccc3c2sc2cccc(-c4nc(-c5ccccc5)nc(-c5cccc6c5-c5ccccc5C6(c5ccccc5)c5ccccc5)n4)c23)oc1/C=C\C. The van der Waals surface area contributed by atoms with Gasteiger partial charge in [-0.05, 0) is 64.4 Å². The maximum absolute atomic E-state index is 6.25. The standard InChI is InChI=1S/C54H34N4OS/c1-3-19-45-44(4-2)55-53(59-45)41-30-16-27-38-48-40(29-18-33-46(48)60-49(38)41)52-57-50(34-20-8-5-9-21-34)56-51(58-52)39-28-17-32-43-47(39)37-26-14-15-31-42(37)54(43,35-22-10-6-11-23-35)36-24-12-7-13-25-36/h2-3,5-33H,1H3/b19-3-. The van der Waals surface area contributed by atoms with Gasteiger partial charge >= 0.3 is 0 Å². The first-order valence-corrected chi connectivity index (χ1v) is 20.7. The van der Waals surface area contributed by atoms with E-state index in [4.69, 9.17) is 30.8 Å². The van der Waals surface area contributed by atoms with Crippen LogP contribution in [0.4, 0.5) is 0 Å². The van der Waals surface area contributed by atoms with Crippen LogP contribution >= 0.6 is 11.3 Å². The van der Waals surface area contributed by atoms with Crippen LogP contribution < -0.4 is 0 Å². The number of oxazole rings is 1. The Morgan fingerprint density at radius 1 is 0.567 bits per heavy atom. The third-order valence-electron chi connectivity index (χ3n) is 11.5. The van der Waals surface area contributed by atoms with Gasteiger partial charge in [0, 0.05) is 36.9 Å². The Balaban J connectivity index is 1.17. The molecule has 0 amide bonds. The Bertz CT molecular complexity index is 3300. The second kappa shape index (κ2) is 14.3. The van der Waals surface area contributed by atoms with E-state index in [1.807, 2.05) is 49.4 Å². The highest BCUT2D eigenvalue weighted by molar-refractivity contribution is 7.26. The van der Waals surface area contributed by atoms with E-state index >= 15 is 0 Å². The molecule has 0 radical (unpaired) electrons. The summed E-state index contributed by atoms with van der Waals surface area (Å²) < 4.78 is 8.39. The molecule has 282 valence electrons. The summed E-state index contributed by atoms with van der Waals surface area (Å²) in [4.78, 5) is 20.7. The van der Waals surface area contributed by atoms with E-state index in [2.05, 4.69) is 145 Å². The van der Waals surface area contributed by atoms with Crippen molar-refractivity contribution in [2.45, 2.75) is 12.3 Å². The van der Waals surface area contributed by atoms with Gasteiger partial charge in [-0.2, -0.15) is 4.98 Å². The van der Waals surface area contributed by atoms with Gasteiger partial charge in [0.15, 0.2) is 28.9 Å². The minimum Gasteiger partial charge on any atom is -0.435 e. The highest BCUT2D eigenvalue weighted by Gasteiger charge is 2.47. The van der Waals surface area contributed by atoms with E-state index in [1.165, 1.54) is 22.3 Å². The van der Waals surface area contributed by atoms with Crippen LogP contribution in [-0.2, 0) is 5.41 Å². The summed E-state index contributed by atoms with van der Waals surface area (Å²) in [6.45, 7) is 1.93. The first-order chi connectivity index (χ1) is 29.7. The van der Waals surface area contributed by atoms with Crippen molar-refractivity contribution >= 4 is 37.6 Å². The lowest BCUT2D eigenvalue weighted by Crippen LogP contribution is -2.28. The van der Waals surface area contributed by atoms with E-state index in [-0.39, 0.29) is 0 Å². The number of nitrogens with zero attached hydrogens (tertiary/aromatic N) is 4. The number of hydrogen-bond donors (Lipinski definition) is 0. The molecule has 1 aliphatic carbocycles. The Morgan fingerprint density at radius 2 is 1.15 bits per heavy atom. The third-order valence-corrected chi connectivity index (χ3v) is 12.7. The highest BCUT2D eigenvalue weighted by Crippen LogP contribution is 2.58. The highest BCUT2D eigenvalue weighted by atomic mass is 32.1. The molecule has 0 aliphatic heterocycles.